The van der Waals surface area contributed by atoms with Gasteiger partial charge in [0.2, 0.25) is 0 Å². The van der Waals surface area contributed by atoms with E-state index >= 15 is 0 Å². The van der Waals surface area contributed by atoms with E-state index in [9.17, 15) is 13.2 Å². The van der Waals surface area contributed by atoms with Crippen LogP contribution >= 0.6 is 0 Å². The van der Waals surface area contributed by atoms with Gasteiger partial charge in [0.1, 0.15) is 11.5 Å². The molecule has 0 spiro atoms. The number of alkyl halides is 3. The average Bonchev–Trinajstić information content (AvgIpc) is 2.40. The molecule has 1 aliphatic rings. The summed E-state index contributed by atoms with van der Waals surface area (Å²) in [4.78, 5) is 7.82. The minimum Gasteiger partial charge on any atom is -0.359 e. The largest absolute Gasteiger partial charge is 0.433 e. The number of anilines is 1. The summed E-state index contributed by atoms with van der Waals surface area (Å²) in [6.07, 6.45) is -2.22. The summed E-state index contributed by atoms with van der Waals surface area (Å²) in [5, 5.41) is 0. The molecule has 0 saturated carbocycles. The number of nitrogens with zero attached hydrogens (tertiary/aromatic N) is 3. The average molecular weight is 287 g/mol. The topological polar surface area (TPSA) is 19.4 Å². The molecule has 6 heteroatoms. The molecule has 2 rings (SSSR count). The second-order valence-corrected chi connectivity index (χ2v) is 5.51. The Morgan fingerprint density at radius 3 is 2.55 bits per heavy atom. The van der Waals surface area contributed by atoms with E-state index in [1.165, 1.54) is 6.07 Å². The normalized spacial score (nSPS) is 18.2. The fraction of sp³-hybridized carbons (Fsp3) is 0.643. The van der Waals surface area contributed by atoms with Crippen LogP contribution in [0.25, 0.3) is 0 Å². The van der Waals surface area contributed by atoms with Gasteiger partial charge in [0, 0.05) is 13.6 Å². The molecule has 20 heavy (non-hydrogen) atoms. The van der Waals surface area contributed by atoms with Crippen molar-refractivity contribution in [2.24, 2.45) is 5.92 Å². The van der Waals surface area contributed by atoms with Crippen LogP contribution in [-0.2, 0) is 6.18 Å². The minimum atomic E-state index is -4.38. The summed E-state index contributed by atoms with van der Waals surface area (Å²) in [6, 6.07) is 4.05. The molecule has 1 saturated heterocycles. The zero-order valence-corrected chi connectivity index (χ0v) is 11.8. The van der Waals surface area contributed by atoms with Crippen LogP contribution in [-0.4, -0.2) is 43.6 Å². The Morgan fingerprint density at radius 1 is 1.30 bits per heavy atom. The van der Waals surface area contributed by atoms with Gasteiger partial charge < -0.3 is 9.80 Å². The van der Waals surface area contributed by atoms with Gasteiger partial charge >= 0.3 is 6.18 Å². The molecule has 0 radical (unpaired) electrons. The Balaban J connectivity index is 2.00. The number of piperidine rings is 1. The highest BCUT2D eigenvalue weighted by molar-refractivity contribution is 5.38. The number of aromatic nitrogens is 1. The van der Waals surface area contributed by atoms with E-state index in [4.69, 9.17) is 0 Å². The van der Waals surface area contributed by atoms with Crippen molar-refractivity contribution in [1.29, 1.82) is 0 Å². The molecule has 0 unspecified atom stereocenters. The van der Waals surface area contributed by atoms with Gasteiger partial charge in [-0.3, -0.25) is 0 Å². The molecular weight excluding hydrogens is 267 g/mol. The summed E-state index contributed by atoms with van der Waals surface area (Å²) in [5.74, 6) is 0.909. The van der Waals surface area contributed by atoms with Crippen molar-refractivity contribution in [3.63, 3.8) is 0 Å². The minimum absolute atomic E-state index is 0.388. The predicted octanol–water partition coefficient (Wildman–Crippen LogP) is 2.88. The monoisotopic (exact) mass is 287 g/mol. The summed E-state index contributed by atoms with van der Waals surface area (Å²) in [5.41, 5.74) is -0.828. The molecule has 1 aromatic heterocycles. The Kier molecular flexibility index (Phi) is 4.52. The van der Waals surface area contributed by atoms with Crippen molar-refractivity contribution >= 4 is 5.82 Å². The number of likely N-dealkylation sites (tertiary alicyclic amines) is 1. The quantitative estimate of drug-likeness (QED) is 0.852. The first-order chi connectivity index (χ1) is 9.36. The lowest BCUT2D eigenvalue weighted by Crippen LogP contribution is -2.36. The van der Waals surface area contributed by atoms with Gasteiger partial charge in [-0.1, -0.05) is 6.07 Å². The molecule has 0 aliphatic carbocycles. The van der Waals surface area contributed by atoms with E-state index in [1.807, 2.05) is 4.90 Å². The molecule has 112 valence electrons. The highest BCUT2D eigenvalue weighted by atomic mass is 19.4. The molecular formula is C14H20F3N3. The van der Waals surface area contributed by atoms with E-state index < -0.39 is 11.9 Å². The molecule has 1 aliphatic heterocycles. The van der Waals surface area contributed by atoms with Gasteiger partial charge in [-0.25, -0.2) is 4.98 Å². The van der Waals surface area contributed by atoms with Crippen LogP contribution < -0.4 is 4.90 Å². The molecule has 1 aromatic rings. The Morgan fingerprint density at radius 2 is 1.95 bits per heavy atom. The highest BCUT2D eigenvalue weighted by Crippen LogP contribution is 2.29. The fourth-order valence-electron chi connectivity index (χ4n) is 2.52. The third-order valence-electron chi connectivity index (χ3n) is 3.79. The van der Waals surface area contributed by atoms with Crippen LogP contribution in [0.3, 0.4) is 0 Å². The number of halogens is 3. The van der Waals surface area contributed by atoms with E-state index in [0.29, 0.717) is 11.7 Å². The SMILES string of the molecule is CN1CCC(CN(C)c2cccc(C(F)(F)F)n2)CC1. The van der Waals surface area contributed by atoms with Crippen LogP contribution in [0, 0.1) is 5.92 Å². The molecule has 3 nitrogen and oxygen atoms in total. The van der Waals surface area contributed by atoms with Crippen LogP contribution in [0.2, 0.25) is 0 Å². The van der Waals surface area contributed by atoms with E-state index in [-0.39, 0.29) is 0 Å². The van der Waals surface area contributed by atoms with Crippen molar-refractivity contribution in [1.82, 2.24) is 9.88 Å². The maximum Gasteiger partial charge on any atom is 0.433 e. The lowest BCUT2D eigenvalue weighted by molar-refractivity contribution is -0.141. The van der Waals surface area contributed by atoms with Gasteiger partial charge in [0.05, 0.1) is 0 Å². The molecule has 0 atom stereocenters. The van der Waals surface area contributed by atoms with Gasteiger partial charge in [-0.2, -0.15) is 13.2 Å². The number of hydrogen-bond donors (Lipinski definition) is 0. The third kappa shape index (κ3) is 3.85. The van der Waals surface area contributed by atoms with Gasteiger partial charge in [0.15, 0.2) is 0 Å². The first-order valence-electron chi connectivity index (χ1n) is 6.80. The molecule has 0 N–H and O–H groups in total. The number of rotatable bonds is 3. The highest BCUT2D eigenvalue weighted by Gasteiger charge is 2.32. The second kappa shape index (κ2) is 5.99. The second-order valence-electron chi connectivity index (χ2n) is 5.51. The molecule has 1 fully saturated rings. The van der Waals surface area contributed by atoms with E-state index in [1.54, 1.807) is 13.1 Å². The smallest absolute Gasteiger partial charge is 0.359 e. The molecule has 0 aromatic carbocycles. The lowest BCUT2D eigenvalue weighted by Gasteiger charge is -2.32. The number of pyridine rings is 1. The van der Waals surface area contributed by atoms with Crippen molar-refractivity contribution in [3.05, 3.63) is 23.9 Å². The summed E-state index contributed by atoms with van der Waals surface area (Å²) in [7, 11) is 3.90. The van der Waals surface area contributed by atoms with Gasteiger partial charge in [-0.15, -0.1) is 0 Å². The first-order valence-corrected chi connectivity index (χ1v) is 6.80. The Labute approximate surface area is 117 Å². The summed E-state index contributed by atoms with van der Waals surface area (Å²) < 4.78 is 37.9. The maximum atomic E-state index is 12.6. The van der Waals surface area contributed by atoms with Gasteiger partial charge in [-0.05, 0) is 51.0 Å². The zero-order valence-electron chi connectivity index (χ0n) is 11.8. The fourth-order valence-corrected chi connectivity index (χ4v) is 2.52. The summed E-state index contributed by atoms with van der Waals surface area (Å²) >= 11 is 0. The van der Waals surface area contributed by atoms with E-state index in [0.717, 1.165) is 38.5 Å². The van der Waals surface area contributed by atoms with Crippen molar-refractivity contribution in [2.45, 2.75) is 19.0 Å². The van der Waals surface area contributed by atoms with Crippen LogP contribution in [0.1, 0.15) is 18.5 Å². The van der Waals surface area contributed by atoms with Gasteiger partial charge in [0.25, 0.3) is 0 Å². The van der Waals surface area contributed by atoms with E-state index in [2.05, 4.69) is 16.9 Å². The first kappa shape index (κ1) is 15.1. The lowest BCUT2D eigenvalue weighted by atomic mass is 9.97. The number of hydrogen-bond acceptors (Lipinski definition) is 3. The van der Waals surface area contributed by atoms with Crippen molar-refractivity contribution in [2.75, 3.05) is 38.6 Å². The zero-order chi connectivity index (χ0) is 14.8. The van der Waals surface area contributed by atoms with Crippen molar-refractivity contribution in [3.8, 4) is 0 Å². The predicted molar refractivity (Wildman–Crippen MR) is 72.7 cm³/mol. The van der Waals surface area contributed by atoms with Crippen LogP contribution in [0.5, 0.6) is 0 Å². The van der Waals surface area contributed by atoms with Crippen LogP contribution in [0.4, 0.5) is 19.0 Å². The third-order valence-corrected chi connectivity index (χ3v) is 3.79. The molecule has 0 bridgehead atoms. The Bertz CT molecular complexity index is 440. The van der Waals surface area contributed by atoms with Crippen LogP contribution in [0.15, 0.2) is 18.2 Å². The molecule has 2 heterocycles. The molecule has 0 amide bonds. The maximum absolute atomic E-state index is 12.6. The van der Waals surface area contributed by atoms with Crippen molar-refractivity contribution < 1.29 is 13.2 Å². The Hall–Kier alpha value is -1.30. The standard InChI is InChI=1S/C14H20F3N3/c1-19-8-6-11(7-9-19)10-20(2)13-5-3-4-12(18-13)14(15,16)17/h3-5,11H,6-10H2,1-2H3. The summed E-state index contributed by atoms with van der Waals surface area (Å²) in [6.45, 7) is 2.85.